The van der Waals surface area contributed by atoms with Crippen LogP contribution in [-0.2, 0) is 9.94 Å². The molecule has 5 heteroatoms. The summed E-state index contributed by atoms with van der Waals surface area (Å²) >= 11 is 0.388. The van der Waals surface area contributed by atoms with Gasteiger partial charge in [0.2, 0.25) is 0 Å². The molecule has 13 heavy (non-hydrogen) atoms. The highest BCUT2D eigenvalue weighted by molar-refractivity contribution is 7.93. The van der Waals surface area contributed by atoms with Gasteiger partial charge >= 0.3 is 6.36 Å². The molecule has 0 aromatic heterocycles. The molecule has 0 bridgehead atoms. The SMILES string of the molecule is FC(F)(F)OSCc1ccccc1. The Morgan fingerprint density at radius 1 is 1.15 bits per heavy atom. The van der Waals surface area contributed by atoms with E-state index in [9.17, 15) is 13.2 Å². The molecule has 72 valence electrons. The van der Waals surface area contributed by atoms with E-state index in [1.54, 1.807) is 30.3 Å². The lowest BCUT2D eigenvalue weighted by atomic mass is 10.2. The first-order valence-corrected chi connectivity index (χ1v) is 4.40. The van der Waals surface area contributed by atoms with Crippen molar-refractivity contribution in [2.24, 2.45) is 0 Å². The molecule has 0 aliphatic rings. The molecule has 0 amide bonds. The summed E-state index contributed by atoms with van der Waals surface area (Å²) in [6, 6.07) is 8.82. The van der Waals surface area contributed by atoms with Crippen LogP contribution in [0.5, 0.6) is 0 Å². The topological polar surface area (TPSA) is 9.23 Å². The third-order valence-corrected chi connectivity index (χ3v) is 1.98. The summed E-state index contributed by atoms with van der Waals surface area (Å²) in [6.07, 6.45) is -4.56. The molecule has 0 heterocycles. The van der Waals surface area contributed by atoms with Crippen molar-refractivity contribution in [1.29, 1.82) is 0 Å². The van der Waals surface area contributed by atoms with Crippen molar-refractivity contribution in [3.05, 3.63) is 35.9 Å². The highest BCUT2D eigenvalue weighted by Gasteiger charge is 2.29. The van der Waals surface area contributed by atoms with Crippen molar-refractivity contribution in [3.8, 4) is 0 Å². The van der Waals surface area contributed by atoms with Gasteiger partial charge in [-0.15, -0.1) is 13.2 Å². The molecule has 1 rings (SSSR count). The second-order valence-electron chi connectivity index (χ2n) is 2.28. The first-order valence-electron chi connectivity index (χ1n) is 3.49. The smallest absolute Gasteiger partial charge is 0.220 e. The minimum Gasteiger partial charge on any atom is -0.220 e. The second-order valence-corrected chi connectivity index (χ2v) is 2.97. The Morgan fingerprint density at radius 2 is 1.77 bits per heavy atom. The predicted molar refractivity (Wildman–Crippen MR) is 44.9 cm³/mol. The summed E-state index contributed by atoms with van der Waals surface area (Å²) in [4.78, 5) is 0. The minimum atomic E-state index is -4.56. The van der Waals surface area contributed by atoms with E-state index in [1.807, 2.05) is 0 Å². The Balaban J connectivity index is 2.29. The van der Waals surface area contributed by atoms with E-state index in [-0.39, 0.29) is 5.75 Å². The van der Waals surface area contributed by atoms with Crippen LogP contribution in [0.1, 0.15) is 5.56 Å². The van der Waals surface area contributed by atoms with E-state index in [0.717, 1.165) is 5.56 Å². The highest BCUT2D eigenvalue weighted by atomic mass is 32.2. The maximum Gasteiger partial charge on any atom is 0.533 e. The number of halogens is 3. The minimum absolute atomic E-state index is 0.195. The van der Waals surface area contributed by atoms with Crippen LogP contribution in [0.25, 0.3) is 0 Å². The number of benzene rings is 1. The van der Waals surface area contributed by atoms with Gasteiger partial charge in [-0.05, 0) is 5.56 Å². The molecule has 1 nitrogen and oxygen atoms in total. The third-order valence-electron chi connectivity index (χ3n) is 1.22. The highest BCUT2D eigenvalue weighted by Crippen LogP contribution is 2.25. The zero-order valence-electron chi connectivity index (χ0n) is 6.54. The van der Waals surface area contributed by atoms with Crippen LogP contribution in [-0.4, -0.2) is 6.36 Å². The van der Waals surface area contributed by atoms with E-state index >= 15 is 0 Å². The fourth-order valence-corrected chi connectivity index (χ4v) is 1.26. The lowest BCUT2D eigenvalue weighted by molar-refractivity contribution is -0.266. The van der Waals surface area contributed by atoms with E-state index in [4.69, 9.17) is 0 Å². The monoisotopic (exact) mass is 208 g/mol. The van der Waals surface area contributed by atoms with E-state index < -0.39 is 6.36 Å². The molecular weight excluding hydrogens is 201 g/mol. The average Bonchev–Trinajstić information content (AvgIpc) is 2.04. The molecule has 1 aromatic carbocycles. The molecule has 0 atom stereocenters. The molecule has 0 saturated heterocycles. The molecule has 0 radical (unpaired) electrons. The van der Waals surface area contributed by atoms with Crippen LogP contribution < -0.4 is 0 Å². The van der Waals surface area contributed by atoms with Gasteiger partial charge in [-0.1, -0.05) is 30.3 Å². The van der Waals surface area contributed by atoms with Crippen molar-refractivity contribution in [3.63, 3.8) is 0 Å². The quantitative estimate of drug-likeness (QED) is 0.704. The lowest BCUT2D eigenvalue weighted by Gasteiger charge is -2.04. The fourth-order valence-electron chi connectivity index (χ4n) is 0.739. The molecule has 0 aliphatic carbocycles. The zero-order valence-corrected chi connectivity index (χ0v) is 7.36. The molecule has 0 aliphatic heterocycles. The van der Waals surface area contributed by atoms with Crippen molar-refractivity contribution in [2.75, 3.05) is 0 Å². The van der Waals surface area contributed by atoms with Gasteiger partial charge in [0, 0.05) is 17.8 Å². The number of alkyl halides is 3. The van der Waals surface area contributed by atoms with Crippen LogP contribution in [0.4, 0.5) is 13.2 Å². The summed E-state index contributed by atoms with van der Waals surface area (Å²) in [6.45, 7) is 0. The van der Waals surface area contributed by atoms with Crippen molar-refractivity contribution in [2.45, 2.75) is 12.1 Å². The number of hydrogen-bond acceptors (Lipinski definition) is 2. The predicted octanol–water partition coefficient (Wildman–Crippen LogP) is 3.37. The van der Waals surface area contributed by atoms with Crippen LogP contribution in [0.2, 0.25) is 0 Å². The summed E-state index contributed by atoms with van der Waals surface area (Å²) in [7, 11) is 0. The average molecular weight is 208 g/mol. The van der Waals surface area contributed by atoms with Gasteiger partial charge in [-0.25, -0.2) is 4.18 Å². The molecular formula is C8H7F3OS. The summed E-state index contributed by atoms with van der Waals surface area (Å²) in [5, 5.41) is 0. The van der Waals surface area contributed by atoms with Crippen LogP contribution >= 0.6 is 12.0 Å². The fraction of sp³-hybridized carbons (Fsp3) is 0.250. The number of hydrogen-bond donors (Lipinski definition) is 0. The van der Waals surface area contributed by atoms with Gasteiger partial charge in [0.1, 0.15) is 0 Å². The standard InChI is InChI=1S/C8H7F3OS/c9-8(10,11)12-13-6-7-4-2-1-3-5-7/h1-5H,6H2. The van der Waals surface area contributed by atoms with E-state index in [0.29, 0.717) is 12.0 Å². The van der Waals surface area contributed by atoms with Gasteiger partial charge in [-0.2, -0.15) is 0 Å². The van der Waals surface area contributed by atoms with E-state index in [1.165, 1.54) is 0 Å². The first kappa shape index (κ1) is 10.4. The van der Waals surface area contributed by atoms with Crippen LogP contribution in [0.3, 0.4) is 0 Å². The summed E-state index contributed by atoms with van der Waals surface area (Å²) in [5.41, 5.74) is 0.803. The normalized spacial score (nSPS) is 11.6. The van der Waals surface area contributed by atoms with Crippen molar-refractivity contribution < 1.29 is 17.4 Å². The maximum absolute atomic E-state index is 11.5. The molecule has 0 unspecified atom stereocenters. The second kappa shape index (κ2) is 4.53. The van der Waals surface area contributed by atoms with E-state index in [2.05, 4.69) is 4.18 Å². The summed E-state index contributed by atoms with van der Waals surface area (Å²) in [5.74, 6) is 0.195. The van der Waals surface area contributed by atoms with Gasteiger partial charge in [0.05, 0.1) is 0 Å². The van der Waals surface area contributed by atoms with Gasteiger partial charge < -0.3 is 0 Å². The van der Waals surface area contributed by atoms with Crippen molar-refractivity contribution in [1.82, 2.24) is 0 Å². The molecule has 0 fully saturated rings. The maximum atomic E-state index is 11.5. The molecule has 0 saturated carbocycles. The molecule has 0 N–H and O–H groups in total. The Kier molecular flexibility index (Phi) is 3.62. The van der Waals surface area contributed by atoms with Crippen molar-refractivity contribution >= 4 is 12.0 Å². The first-order chi connectivity index (χ1) is 6.08. The Morgan fingerprint density at radius 3 is 2.31 bits per heavy atom. The van der Waals surface area contributed by atoms with Crippen LogP contribution in [0.15, 0.2) is 30.3 Å². The lowest BCUT2D eigenvalue weighted by Crippen LogP contribution is -2.07. The molecule has 0 spiro atoms. The summed E-state index contributed by atoms with van der Waals surface area (Å²) < 4.78 is 38.1. The zero-order chi connectivity index (χ0) is 9.73. The molecule has 1 aromatic rings. The Bertz CT molecular complexity index is 247. The van der Waals surface area contributed by atoms with Gasteiger partial charge in [0.15, 0.2) is 0 Å². The third kappa shape index (κ3) is 4.80. The number of rotatable bonds is 3. The van der Waals surface area contributed by atoms with Crippen LogP contribution in [0, 0.1) is 0 Å². The van der Waals surface area contributed by atoms with Gasteiger partial charge in [0.25, 0.3) is 0 Å². The largest absolute Gasteiger partial charge is 0.533 e. The Hall–Kier alpha value is -0.680. The van der Waals surface area contributed by atoms with Gasteiger partial charge in [-0.3, -0.25) is 0 Å². The Labute approximate surface area is 78.1 Å².